The summed E-state index contributed by atoms with van der Waals surface area (Å²) >= 11 is 0. The van der Waals surface area contributed by atoms with Gasteiger partial charge in [-0.2, -0.15) is 0 Å². The number of hydrogen-bond acceptors (Lipinski definition) is 13. The predicted octanol–water partition coefficient (Wildman–Crippen LogP) is 10.1. The number of ether oxygens (including phenoxy) is 2. The fourth-order valence-corrected chi connectivity index (χ4v) is 50.2. The summed E-state index contributed by atoms with van der Waals surface area (Å²) in [6.45, 7) is 45.1. The maximum Gasteiger partial charge on any atom is 0.311 e. The minimum absolute atomic E-state index is 0.0792. The molecule has 0 aliphatic rings. The van der Waals surface area contributed by atoms with Crippen molar-refractivity contribution in [2.45, 2.75) is 206 Å². The molecule has 5 N–H and O–H groups in total. The lowest BCUT2D eigenvalue weighted by Gasteiger charge is -2.38. The summed E-state index contributed by atoms with van der Waals surface area (Å²) in [6, 6.07) is 6.26. The van der Waals surface area contributed by atoms with Crippen molar-refractivity contribution in [3.05, 3.63) is 0 Å². The quantitative estimate of drug-likeness (QED) is 0.0297. The van der Waals surface area contributed by atoms with E-state index in [1.54, 1.807) is 0 Å². The van der Waals surface area contributed by atoms with E-state index >= 15 is 0 Å². The molecular weight excluding hydrogens is 953 g/mol. The highest BCUT2D eigenvalue weighted by molar-refractivity contribution is 6.89. The molecule has 384 valence electrons. The topological polar surface area (TPSA) is 175 Å². The maximum absolute atomic E-state index is 8.97. The van der Waals surface area contributed by atoms with Crippen LogP contribution in [0.15, 0.2) is 0 Å². The van der Waals surface area contributed by atoms with Crippen LogP contribution in [-0.4, -0.2) is 161 Å². The monoisotopic (exact) mass is 1060 g/mol. The van der Waals surface area contributed by atoms with E-state index in [0.717, 1.165) is 62.3 Å². The fraction of sp³-hybridized carbons (Fsp3) is 1.00. The largest absolute Gasteiger partial charge is 0.437 e. The van der Waals surface area contributed by atoms with Crippen LogP contribution < -0.4 is 0 Å². The molecule has 0 amide bonds. The smallest absolute Gasteiger partial charge is 0.311 e. The van der Waals surface area contributed by atoms with Gasteiger partial charge in [-0.1, -0.05) is 19.8 Å². The molecule has 0 aliphatic carbocycles. The van der Waals surface area contributed by atoms with Gasteiger partial charge in [0.2, 0.25) is 0 Å². The highest BCUT2D eigenvalue weighted by Crippen LogP contribution is 2.29. The van der Waals surface area contributed by atoms with Crippen molar-refractivity contribution in [3.8, 4) is 0 Å². The van der Waals surface area contributed by atoms with Crippen molar-refractivity contribution in [3.63, 3.8) is 0 Å². The Morgan fingerprint density at radius 3 is 0.667 bits per heavy atom. The molecule has 0 radical (unpaired) electrons. The lowest BCUT2D eigenvalue weighted by molar-refractivity contribution is 0.0922. The van der Waals surface area contributed by atoms with Gasteiger partial charge in [-0.15, -0.1) is 0 Å². The second-order valence-electron chi connectivity index (χ2n) is 21.8. The average Bonchev–Trinajstić information content (AvgIpc) is 3.09. The van der Waals surface area contributed by atoms with Gasteiger partial charge in [-0.3, -0.25) is 0 Å². The molecule has 0 spiro atoms. The molecule has 22 heteroatoms. The third-order valence-corrected chi connectivity index (χ3v) is 44.1. The van der Waals surface area contributed by atoms with E-state index in [4.69, 9.17) is 59.7 Å². The van der Waals surface area contributed by atoms with Gasteiger partial charge in [-0.25, -0.2) is 0 Å². The van der Waals surface area contributed by atoms with Crippen LogP contribution in [0.3, 0.4) is 0 Å². The highest BCUT2D eigenvalue weighted by Gasteiger charge is 2.41. The summed E-state index contributed by atoms with van der Waals surface area (Å²) < 4.78 is 49.4. The molecule has 0 saturated heterocycles. The molecular formula is C41H106O13Si9. The first-order valence-electron chi connectivity index (χ1n) is 24.0. The molecule has 0 aromatic rings. The fourth-order valence-electron chi connectivity index (χ4n) is 8.01. The maximum atomic E-state index is 8.97. The van der Waals surface area contributed by atoms with Crippen LogP contribution in [-0.2, 0) is 34.2 Å². The number of aliphatic hydroxyl groups is 5. The molecule has 63 heavy (non-hydrogen) atoms. The lowest BCUT2D eigenvalue weighted by Crippen LogP contribution is -2.52. The SMILES string of the molecule is CCCC[Si](C)(C)O[Si](C)(C)O[Si](C)(C)CCCO.C[Si](C)(CCCO)O[Si](C)(C)O[Si](C)(C)CCCO.C[Si](C)(CCCOCCO)O[Si](C)(C)O[Si](C)(C)CCCOCCO. The van der Waals surface area contributed by atoms with E-state index in [2.05, 4.69) is 125 Å². The Labute approximate surface area is 398 Å². The van der Waals surface area contributed by atoms with Gasteiger partial charge in [0.05, 0.1) is 26.4 Å². The van der Waals surface area contributed by atoms with Gasteiger partial charge in [0.15, 0.2) is 49.9 Å². The number of aliphatic hydroxyl groups excluding tert-OH is 5. The van der Waals surface area contributed by atoms with Crippen molar-refractivity contribution in [1.82, 2.24) is 0 Å². The molecule has 0 aliphatic heterocycles. The minimum Gasteiger partial charge on any atom is -0.437 e. The second-order valence-corrected chi connectivity index (χ2v) is 59.2. The zero-order chi connectivity index (χ0) is 49.7. The molecule has 0 heterocycles. The van der Waals surface area contributed by atoms with Crippen LogP contribution >= 0.6 is 0 Å². The van der Waals surface area contributed by atoms with Crippen LogP contribution in [0.1, 0.15) is 51.9 Å². The zero-order valence-electron chi connectivity index (χ0n) is 44.6. The molecule has 0 aromatic heterocycles. The van der Waals surface area contributed by atoms with Gasteiger partial charge < -0.3 is 59.7 Å². The number of unbranched alkanes of at least 4 members (excludes halogenated alkanes) is 1. The Bertz CT molecular complexity index is 988. The van der Waals surface area contributed by atoms with E-state index in [-0.39, 0.29) is 33.0 Å². The first kappa shape index (κ1) is 68.7. The highest BCUT2D eigenvalue weighted by atomic mass is 28.5. The summed E-state index contributed by atoms with van der Waals surface area (Å²) in [5.41, 5.74) is 0. The molecule has 0 saturated carbocycles. The summed E-state index contributed by atoms with van der Waals surface area (Å²) in [5.74, 6) is 0. The lowest BCUT2D eigenvalue weighted by atomic mass is 10.4. The van der Waals surface area contributed by atoms with E-state index in [9.17, 15) is 0 Å². The van der Waals surface area contributed by atoms with E-state index in [1.807, 2.05) is 0 Å². The Balaban J connectivity index is -0.000000870. The van der Waals surface area contributed by atoms with Crippen LogP contribution in [0.5, 0.6) is 0 Å². The first-order valence-corrected chi connectivity index (χ1v) is 51.2. The molecule has 0 unspecified atom stereocenters. The number of hydrogen-bond donors (Lipinski definition) is 5. The molecule has 0 bridgehead atoms. The average molecular weight is 1060 g/mol. The summed E-state index contributed by atoms with van der Waals surface area (Å²) in [5, 5.41) is 44.3. The molecule has 0 fully saturated rings. The van der Waals surface area contributed by atoms with Crippen molar-refractivity contribution < 1.29 is 59.7 Å². The third-order valence-electron chi connectivity index (χ3n) is 9.68. The van der Waals surface area contributed by atoms with Gasteiger partial charge in [0, 0.05) is 33.0 Å². The molecule has 0 atom stereocenters. The standard InChI is InChI=1S/C16H40O6Si3.C13H34O3Si3.C12H32O4Si3/c1-23(2,15-7-11-19-13-9-17)21-25(5,6)22-24(3,4)16-8-12-20-14-10-18;1-8-9-12-17(2,3)15-19(6,7)16-18(4,5)13-10-11-14;1-17(2,11-7-9-13)15-19(5,6)16-18(3,4)12-8-10-14/h17-18H,7-16H2,1-6H3;14H,8-13H2,1-7H3;13-14H,7-12H2,1-6H3. The Hall–Kier alpha value is 1.43. The normalized spacial score (nSPS) is 13.7. The Kier molecular flexibility index (Phi) is 36.9. The van der Waals surface area contributed by atoms with E-state index < -0.39 is 75.6 Å². The summed E-state index contributed by atoms with van der Waals surface area (Å²) in [7, 11) is -16.6. The van der Waals surface area contributed by atoms with E-state index in [0.29, 0.717) is 26.4 Å². The summed E-state index contributed by atoms with van der Waals surface area (Å²) in [4.78, 5) is 0. The van der Waals surface area contributed by atoms with Gasteiger partial charge in [0.25, 0.3) is 0 Å². The van der Waals surface area contributed by atoms with Crippen molar-refractivity contribution >= 4 is 75.6 Å². The first-order chi connectivity index (χ1) is 28.6. The van der Waals surface area contributed by atoms with Crippen molar-refractivity contribution in [2.75, 3.05) is 59.5 Å². The van der Waals surface area contributed by atoms with Crippen LogP contribution in [0.4, 0.5) is 0 Å². The summed E-state index contributed by atoms with van der Waals surface area (Å²) in [6.07, 6.45) is 6.90. The van der Waals surface area contributed by atoms with Gasteiger partial charge >= 0.3 is 25.7 Å². The van der Waals surface area contributed by atoms with Crippen molar-refractivity contribution in [1.29, 1.82) is 0 Å². The van der Waals surface area contributed by atoms with Gasteiger partial charge in [-0.05, 0) is 186 Å². The van der Waals surface area contributed by atoms with Crippen LogP contribution in [0.2, 0.25) is 154 Å². The molecule has 13 nitrogen and oxygen atoms in total. The molecule has 0 aromatic carbocycles. The van der Waals surface area contributed by atoms with E-state index in [1.165, 1.54) is 18.9 Å². The van der Waals surface area contributed by atoms with Gasteiger partial charge in [0.1, 0.15) is 0 Å². The third kappa shape index (κ3) is 44.4. The van der Waals surface area contributed by atoms with Crippen LogP contribution in [0.25, 0.3) is 0 Å². The molecule has 0 rings (SSSR count). The predicted molar refractivity (Wildman–Crippen MR) is 288 cm³/mol. The van der Waals surface area contributed by atoms with Crippen molar-refractivity contribution in [2.24, 2.45) is 0 Å². The minimum atomic E-state index is -2.16. The zero-order valence-corrected chi connectivity index (χ0v) is 53.6. The van der Waals surface area contributed by atoms with Crippen LogP contribution in [0, 0.1) is 0 Å². The Morgan fingerprint density at radius 2 is 0.476 bits per heavy atom. The number of rotatable bonds is 36. The Morgan fingerprint density at radius 1 is 0.270 bits per heavy atom. The second kappa shape index (κ2) is 33.9.